The number of piperidine rings is 1. The third kappa shape index (κ3) is 15.6. The number of allylic oxidation sites excluding steroid dienone is 6. The van der Waals surface area contributed by atoms with Crippen molar-refractivity contribution in [1.82, 2.24) is 4.90 Å². The van der Waals surface area contributed by atoms with Crippen LogP contribution in [-0.2, 0) is 61.9 Å². The molecule has 428 valence electrons. The number of carbonyl (C=O) groups excluding carboxylic acids is 5. The maximum Gasteiger partial charge on any atom is 0.329 e. The van der Waals surface area contributed by atoms with Gasteiger partial charge in [0.1, 0.15) is 54.6 Å². The van der Waals surface area contributed by atoms with Crippen LogP contribution in [0.1, 0.15) is 126 Å². The summed E-state index contributed by atoms with van der Waals surface area (Å²) in [6.07, 6.45) is 8.36. The van der Waals surface area contributed by atoms with Crippen molar-refractivity contribution in [2.75, 3.05) is 47.2 Å². The largest absolute Gasteiger partial charge is 0.460 e. The van der Waals surface area contributed by atoms with Crippen LogP contribution in [0.15, 0.2) is 47.6 Å². The van der Waals surface area contributed by atoms with Gasteiger partial charge in [-0.15, -0.1) is 0 Å². The third-order valence-corrected chi connectivity index (χ3v) is 16.9. The number of methoxy groups -OCH3 is 2. The summed E-state index contributed by atoms with van der Waals surface area (Å²) in [7, 11) is 2.93. The lowest BCUT2D eigenvalue weighted by molar-refractivity contribution is -0.266. The summed E-state index contributed by atoms with van der Waals surface area (Å²) < 4.78 is 47.8. The van der Waals surface area contributed by atoms with Crippen LogP contribution in [0, 0.1) is 35.5 Å². The summed E-state index contributed by atoms with van der Waals surface area (Å²) >= 11 is 0. The van der Waals surface area contributed by atoms with E-state index in [4.69, 9.17) is 37.9 Å². The van der Waals surface area contributed by atoms with Gasteiger partial charge in [-0.2, -0.15) is 0 Å². The Bertz CT molecular complexity index is 2090. The molecule has 0 aromatic heterocycles. The lowest BCUT2D eigenvalue weighted by atomic mass is 9.78. The van der Waals surface area contributed by atoms with Crippen molar-refractivity contribution in [3.63, 3.8) is 0 Å². The van der Waals surface area contributed by atoms with Crippen molar-refractivity contribution in [3.8, 4) is 0 Å². The van der Waals surface area contributed by atoms with E-state index in [0.717, 1.165) is 5.57 Å². The van der Waals surface area contributed by atoms with Crippen LogP contribution in [0.3, 0.4) is 0 Å². The van der Waals surface area contributed by atoms with E-state index in [9.17, 15) is 44.4 Å². The van der Waals surface area contributed by atoms with Gasteiger partial charge >= 0.3 is 5.97 Å². The standard InChI is InChI=1S/C58H89NO17/c1-33-15-11-10-12-16-34(2)46(71-23-24-72-49-32-74-52-45(62)31-73-53(49)52)29-41-20-18-39(7)58(68,76-41)55(65)56(66)59-22-14-13-17-42(59)57(67)75-47(36(4)27-40-19-21-43(60)48(28-40)69-8)30-44(61)35(3)26-38(6)51(64)54(70-9)50(63)37(5)25-33/h10-12,15-16,26,33,35-37,39-43,45-49,51-54,60,62,64,68H,13-14,17-25,27-32H2,1-9H3/b12-10?,15-11+,34-16?,38-26+/t33-,35-,36-,37-,39-,40+,41+,42+,43-,45+,46-,47+,48-,49-,51-,52-,53-,54+,58-/m1/s1. The molecule has 6 rings (SSSR count). The molecule has 18 nitrogen and oxygen atoms in total. The lowest BCUT2D eigenvalue weighted by Crippen LogP contribution is -2.61. The summed E-state index contributed by atoms with van der Waals surface area (Å²) in [6, 6.07) is -1.18. The molecule has 5 heterocycles. The fourth-order valence-corrected chi connectivity index (χ4v) is 12.0. The summed E-state index contributed by atoms with van der Waals surface area (Å²) in [5.74, 6) is -8.40. The van der Waals surface area contributed by atoms with E-state index < -0.39 is 96.1 Å². The highest BCUT2D eigenvalue weighted by atomic mass is 16.6. The van der Waals surface area contributed by atoms with E-state index in [0.29, 0.717) is 63.4 Å². The predicted molar refractivity (Wildman–Crippen MR) is 279 cm³/mol. The van der Waals surface area contributed by atoms with E-state index in [1.165, 1.54) is 12.0 Å². The Balaban J connectivity index is 1.28. The van der Waals surface area contributed by atoms with Crippen LogP contribution in [0.4, 0.5) is 0 Å². The van der Waals surface area contributed by atoms with Gasteiger partial charge in [0, 0.05) is 51.4 Å². The van der Waals surface area contributed by atoms with Gasteiger partial charge in [0.25, 0.3) is 11.7 Å². The molecular weight excluding hydrogens is 983 g/mol. The molecule has 18 heteroatoms. The number of rotatable bonds is 10. The maximum absolute atomic E-state index is 14.5. The number of Topliss-reactive ketones (excluding diaryl/α,β-unsaturated/α-hetero) is 3. The molecule has 5 aliphatic heterocycles. The van der Waals surface area contributed by atoms with E-state index in [2.05, 4.69) is 0 Å². The Hall–Kier alpha value is -3.53. The highest BCUT2D eigenvalue weighted by Crippen LogP contribution is 2.38. The first-order valence-corrected chi connectivity index (χ1v) is 28.0. The fraction of sp³-hybridized carbons (Fsp3) is 0.776. The molecule has 5 fully saturated rings. The molecule has 0 spiro atoms. The van der Waals surface area contributed by atoms with Gasteiger partial charge in [0.15, 0.2) is 5.78 Å². The fourth-order valence-electron chi connectivity index (χ4n) is 12.0. The number of amides is 1. The first-order chi connectivity index (χ1) is 36.2. The number of carbonyl (C=O) groups is 5. The second-order valence-electron chi connectivity index (χ2n) is 22.8. The Morgan fingerprint density at radius 2 is 1.53 bits per heavy atom. The Kier molecular flexibility index (Phi) is 23.2. The highest BCUT2D eigenvalue weighted by molar-refractivity contribution is 6.39. The minimum Gasteiger partial charge on any atom is -0.460 e. The number of aliphatic hydroxyl groups excluding tert-OH is 3. The zero-order chi connectivity index (χ0) is 55.4. The van der Waals surface area contributed by atoms with Crippen LogP contribution in [-0.4, -0.2) is 181 Å². The van der Waals surface area contributed by atoms with Crippen LogP contribution in [0.2, 0.25) is 0 Å². The van der Waals surface area contributed by atoms with Crippen LogP contribution < -0.4 is 0 Å². The molecule has 4 saturated heterocycles. The van der Waals surface area contributed by atoms with E-state index in [1.807, 2.05) is 51.2 Å². The summed E-state index contributed by atoms with van der Waals surface area (Å²) in [6.45, 7) is 13.4. The van der Waals surface area contributed by atoms with E-state index in [-0.39, 0.29) is 99.9 Å². The second kappa shape index (κ2) is 28.6. The number of nitrogens with zero attached hydrogens (tertiary/aromatic N) is 1. The Labute approximate surface area is 449 Å². The molecule has 19 atom stereocenters. The molecule has 1 aliphatic carbocycles. The summed E-state index contributed by atoms with van der Waals surface area (Å²) in [5.41, 5.74) is 1.18. The van der Waals surface area contributed by atoms with Gasteiger partial charge in [-0.25, -0.2) is 4.79 Å². The molecule has 0 radical (unpaired) electrons. The monoisotopic (exact) mass is 1070 g/mol. The molecule has 2 bridgehead atoms. The average molecular weight is 1070 g/mol. The summed E-state index contributed by atoms with van der Waals surface area (Å²) in [4.78, 5) is 72.8. The minimum atomic E-state index is -2.51. The van der Waals surface area contributed by atoms with E-state index in [1.54, 1.807) is 40.9 Å². The van der Waals surface area contributed by atoms with Gasteiger partial charge in [0.05, 0.1) is 50.8 Å². The minimum absolute atomic E-state index is 0.0290. The molecule has 1 amide bonds. The Morgan fingerprint density at radius 1 is 0.789 bits per heavy atom. The van der Waals surface area contributed by atoms with Crippen molar-refractivity contribution in [3.05, 3.63) is 47.6 Å². The van der Waals surface area contributed by atoms with Crippen molar-refractivity contribution in [2.45, 2.75) is 204 Å². The van der Waals surface area contributed by atoms with E-state index >= 15 is 0 Å². The molecule has 0 aromatic carbocycles. The van der Waals surface area contributed by atoms with Crippen molar-refractivity contribution in [2.24, 2.45) is 35.5 Å². The molecule has 1 saturated carbocycles. The number of fused-ring (bicyclic) bond motifs is 4. The zero-order valence-corrected chi connectivity index (χ0v) is 46.4. The predicted octanol–water partition coefficient (Wildman–Crippen LogP) is 5.09. The zero-order valence-electron chi connectivity index (χ0n) is 46.4. The number of hydrogen-bond donors (Lipinski definition) is 4. The number of ether oxygens (including phenoxy) is 8. The topological polar surface area (TPSA) is 243 Å². The first-order valence-electron chi connectivity index (χ1n) is 28.0. The summed E-state index contributed by atoms with van der Waals surface area (Å²) in [5, 5.41) is 44.5. The van der Waals surface area contributed by atoms with Crippen molar-refractivity contribution >= 4 is 29.2 Å². The van der Waals surface area contributed by atoms with Crippen molar-refractivity contribution in [1.29, 1.82) is 0 Å². The van der Waals surface area contributed by atoms with Crippen LogP contribution in [0.5, 0.6) is 0 Å². The maximum atomic E-state index is 14.5. The quantitative estimate of drug-likeness (QED) is 0.0963. The molecule has 0 unspecified atom stereocenters. The normalized spacial score (nSPS) is 40.9. The number of ketones is 3. The van der Waals surface area contributed by atoms with Gasteiger partial charge in [0.2, 0.25) is 5.79 Å². The smallest absolute Gasteiger partial charge is 0.329 e. The molecule has 76 heavy (non-hydrogen) atoms. The molecular formula is C58H89NO17. The number of aliphatic hydroxyl groups is 4. The van der Waals surface area contributed by atoms with Crippen molar-refractivity contribution < 1.29 is 82.3 Å². The highest BCUT2D eigenvalue weighted by Gasteiger charge is 2.53. The number of esters is 1. The number of hydrogen-bond acceptors (Lipinski definition) is 17. The molecule has 6 aliphatic rings. The molecule has 0 aromatic rings. The SMILES string of the molecule is CO[C@@H]1C[C@H](C[C@@H](C)[C@@H]2CC(=O)[C@H](C)/C=C(\C)[C@@H](O)[C@@H](OC)C(=O)[C@H](C)C[C@H](C)/C=C/C=CC=C(C)[C@H](OCCO[C@@H]3CO[C@H]4[C@@H]3OC[C@@H]4O)C[C@@H]3CC[C@@H](C)[C@@](O)(O3)C(=O)C(=O)N3CCCC[C@H]3C(=O)O2)CC[C@H]1O. The Morgan fingerprint density at radius 3 is 2.26 bits per heavy atom. The number of cyclic esters (lactones) is 1. The lowest BCUT2D eigenvalue weighted by Gasteiger charge is -2.43. The first kappa shape index (κ1) is 61.7. The van der Waals surface area contributed by atoms with Gasteiger partial charge in [-0.1, -0.05) is 71.1 Å². The van der Waals surface area contributed by atoms with Gasteiger partial charge in [-0.05, 0) is 107 Å². The average Bonchev–Trinajstić information content (AvgIpc) is 3.99. The second-order valence-corrected chi connectivity index (χ2v) is 22.8. The third-order valence-electron chi connectivity index (χ3n) is 16.9. The molecule has 4 N–H and O–H groups in total. The van der Waals surface area contributed by atoms with Crippen LogP contribution >= 0.6 is 0 Å². The van der Waals surface area contributed by atoms with Gasteiger partial charge < -0.3 is 63.2 Å². The van der Waals surface area contributed by atoms with Crippen LogP contribution in [0.25, 0.3) is 0 Å². The van der Waals surface area contributed by atoms with Gasteiger partial charge in [-0.3, -0.25) is 19.2 Å².